The lowest BCUT2D eigenvalue weighted by Gasteiger charge is -1.89. The van der Waals surface area contributed by atoms with Crippen molar-refractivity contribution in [1.29, 1.82) is 0 Å². The fraction of sp³-hybridized carbons (Fsp3) is 0.200. The van der Waals surface area contributed by atoms with Crippen LogP contribution in [0.1, 0.15) is 10.4 Å². The third kappa shape index (κ3) is 1.32. The second-order valence-electron chi connectivity index (χ2n) is 1.89. The average Bonchev–Trinajstić information content (AvgIpc) is 2.07. The zero-order valence-electron chi connectivity index (χ0n) is 5.51. The van der Waals surface area contributed by atoms with Crippen molar-refractivity contribution in [2.45, 2.75) is 0 Å². The summed E-state index contributed by atoms with van der Waals surface area (Å²) in [5, 5.41) is 12.1. The quantitative estimate of drug-likeness (QED) is 0.737. The number of hydrogen-bond donors (Lipinski definition) is 1. The van der Waals surface area contributed by atoms with Crippen LogP contribution in [0.5, 0.6) is 0 Å². The molecule has 0 aliphatic carbocycles. The van der Waals surface area contributed by atoms with Crippen LogP contribution >= 0.6 is 23.2 Å². The molecule has 1 aromatic rings. The molecule has 0 amide bonds. The molecule has 0 radical (unpaired) electrons. The minimum Gasteiger partial charge on any atom is -0.477 e. The summed E-state index contributed by atoms with van der Waals surface area (Å²) in [4.78, 5) is 10.4. The van der Waals surface area contributed by atoms with Crippen LogP contribution in [0, 0.1) is 0 Å². The number of carboxylic acids is 1. The van der Waals surface area contributed by atoms with Gasteiger partial charge >= 0.3 is 5.97 Å². The van der Waals surface area contributed by atoms with Crippen LogP contribution in [0.15, 0.2) is 0 Å². The van der Waals surface area contributed by atoms with E-state index in [0.717, 1.165) is 0 Å². The Kier molecular flexibility index (Phi) is 2.06. The van der Waals surface area contributed by atoms with Crippen LogP contribution in [0.25, 0.3) is 0 Å². The lowest BCUT2D eigenvalue weighted by atomic mass is 10.4. The Hall–Kier alpha value is -0.740. The highest BCUT2D eigenvalue weighted by Gasteiger charge is 2.18. The largest absolute Gasteiger partial charge is 0.477 e. The van der Waals surface area contributed by atoms with Gasteiger partial charge in [0.2, 0.25) is 0 Å². The summed E-state index contributed by atoms with van der Waals surface area (Å²) in [6.07, 6.45) is 0. The molecule has 1 heterocycles. The number of aryl methyl sites for hydroxylation is 1. The predicted octanol–water partition coefficient (Wildman–Crippen LogP) is 1.43. The average molecular weight is 195 g/mol. The van der Waals surface area contributed by atoms with Gasteiger partial charge in [-0.3, -0.25) is 4.68 Å². The summed E-state index contributed by atoms with van der Waals surface area (Å²) >= 11 is 11.0. The van der Waals surface area contributed by atoms with E-state index in [2.05, 4.69) is 5.10 Å². The Morgan fingerprint density at radius 3 is 2.36 bits per heavy atom. The van der Waals surface area contributed by atoms with Crippen LogP contribution < -0.4 is 0 Å². The first-order valence-corrected chi connectivity index (χ1v) is 3.41. The first-order valence-electron chi connectivity index (χ1n) is 2.65. The summed E-state index contributed by atoms with van der Waals surface area (Å²) in [5.74, 6) is -1.17. The lowest BCUT2D eigenvalue weighted by molar-refractivity contribution is 0.0697. The fourth-order valence-electron chi connectivity index (χ4n) is 0.649. The van der Waals surface area contributed by atoms with E-state index >= 15 is 0 Å². The molecule has 0 saturated carbocycles. The van der Waals surface area contributed by atoms with Gasteiger partial charge in [-0.2, -0.15) is 5.10 Å². The van der Waals surface area contributed by atoms with Gasteiger partial charge in [-0.25, -0.2) is 4.79 Å². The molecular formula is C5H4Cl2N2O2. The van der Waals surface area contributed by atoms with Gasteiger partial charge in [-0.1, -0.05) is 23.2 Å². The summed E-state index contributed by atoms with van der Waals surface area (Å²) in [6.45, 7) is 0. The monoisotopic (exact) mass is 194 g/mol. The molecule has 1 N–H and O–H groups in total. The van der Waals surface area contributed by atoms with Crippen LogP contribution in [-0.4, -0.2) is 20.9 Å². The molecular weight excluding hydrogens is 191 g/mol. The molecule has 11 heavy (non-hydrogen) atoms. The number of carbonyl (C=O) groups is 1. The molecule has 0 spiro atoms. The van der Waals surface area contributed by atoms with Gasteiger partial charge in [0, 0.05) is 7.05 Å². The molecule has 0 saturated heterocycles. The van der Waals surface area contributed by atoms with Crippen LogP contribution in [0.3, 0.4) is 0 Å². The maximum atomic E-state index is 10.4. The molecule has 0 aromatic carbocycles. The normalized spacial score (nSPS) is 10.1. The third-order valence-corrected chi connectivity index (χ3v) is 1.85. The maximum absolute atomic E-state index is 10.4. The van der Waals surface area contributed by atoms with Crippen LogP contribution in [0.2, 0.25) is 10.3 Å². The van der Waals surface area contributed by atoms with Crippen molar-refractivity contribution in [2.75, 3.05) is 0 Å². The van der Waals surface area contributed by atoms with Gasteiger partial charge < -0.3 is 5.11 Å². The smallest absolute Gasteiger partial charge is 0.342 e. The number of nitrogens with zero attached hydrogens (tertiary/aromatic N) is 2. The molecule has 60 valence electrons. The predicted molar refractivity (Wildman–Crippen MR) is 40.2 cm³/mol. The second kappa shape index (κ2) is 2.71. The van der Waals surface area contributed by atoms with Crippen molar-refractivity contribution in [3.05, 3.63) is 15.9 Å². The standard InChI is InChI=1S/C5H4Cl2N2O2/c1-9-4(7)2(5(10)11)3(6)8-9/h1H3,(H,10,11). The van der Waals surface area contributed by atoms with Gasteiger partial charge in [0.25, 0.3) is 0 Å². The van der Waals surface area contributed by atoms with Gasteiger partial charge in [-0.05, 0) is 0 Å². The van der Waals surface area contributed by atoms with E-state index in [9.17, 15) is 4.79 Å². The van der Waals surface area contributed by atoms with Gasteiger partial charge in [0.15, 0.2) is 5.15 Å². The number of aromatic nitrogens is 2. The van der Waals surface area contributed by atoms with Crippen molar-refractivity contribution in [2.24, 2.45) is 7.05 Å². The van der Waals surface area contributed by atoms with Crippen LogP contribution in [-0.2, 0) is 7.05 Å². The SMILES string of the molecule is Cn1nc(Cl)c(C(=O)O)c1Cl. The number of aromatic carboxylic acids is 1. The van der Waals surface area contributed by atoms with E-state index in [-0.39, 0.29) is 15.9 Å². The second-order valence-corrected chi connectivity index (χ2v) is 2.60. The maximum Gasteiger partial charge on any atom is 0.342 e. The Bertz CT molecular complexity index is 308. The molecule has 1 aromatic heterocycles. The van der Waals surface area contributed by atoms with E-state index in [1.807, 2.05) is 0 Å². The molecule has 6 heteroatoms. The van der Waals surface area contributed by atoms with Crippen molar-refractivity contribution in [3.8, 4) is 0 Å². The molecule has 0 bridgehead atoms. The van der Waals surface area contributed by atoms with Gasteiger partial charge in [0.05, 0.1) is 0 Å². The summed E-state index contributed by atoms with van der Waals surface area (Å²) in [5.41, 5.74) is -0.157. The number of hydrogen-bond acceptors (Lipinski definition) is 2. The van der Waals surface area contributed by atoms with E-state index in [1.165, 1.54) is 11.7 Å². The summed E-state index contributed by atoms with van der Waals surface area (Å²) in [7, 11) is 1.51. The fourth-order valence-corrected chi connectivity index (χ4v) is 1.19. The molecule has 0 aliphatic heterocycles. The minimum absolute atomic E-state index is 0.0301. The molecule has 4 nitrogen and oxygen atoms in total. The highest BCUT2D eigenvalue weighted by molar-refractivity contribution is 6.38. The Labute approximate surface area is 72.3 Å². The number of carboxylic acid groups (broad SMARTS) is 1. The third-order valence-electron chi connectivity index (χ3n) is 1.15. The van der Waals surface area contributed by atoms with Crippen molar-refractivity contribution < 1.29 is 9.90 Å². The number of rotatable bonds is 1. The van der Waals surface area contributed by atoms with Gasteiger partial charge in [0.1, 0.15) is 10.7 Å². The Morgan fingerprint density at radius 1 is 1.64 bits per heavy atom. The Balaban J connectivity index is 3.34. The molecule has 0 aliphatic rings. The molecule has 0 unspecified atom stereocenters. The van der Waals surface area contributed by atoms with Crippen LogP contribution in [0.4, 0.5) is 0 Å². The highest BCUT2D eigenvalue weighted by Crippen LogP contribution is 2.22. The highest BCUT2D eigenvalue weighted by atomic mass is 35.5. The molecule has 1 rings (SSSR count). The van der Waals surface area contributed by atoms with E-state index in [1.54, 1.807) is 0 Å². The van der Waals surface area contributed by atoms with Crippen molar-refractivity contribution in [1.82, 2.24) is 9.78 Å². The Morgan fingerprint density at radius 2 is 2.18 bits per heavy atom. The minimum atomic E-state index is -1.17. The zero-order chi connectivity index (χ0) is 8.59. The number of halogens is 2. The van der Waals surface area contributed by atoms with Crippen molar-refractivity contribution in [3.63, 3.8) is 0 Å². The van der Waals surface area contributed by atoms with E-state index in [4.69, 9.17) is 28.3 Å². The molecule has 0 atom stereocenters. The van der Waals surface area contributed by atoms with Gasteiger partial charge in [-0.15, -0.1) is 0 Å². The zero-order valence-corrected chi connectivity index (χ0v) is 7.02. The van der Waals surface area contributed by atoms with E-state index < -0.39 is 5.97 Å². The summed E-state index contributed by atoms with van der Waals surface area (Å²) < 4.78 is 1.20. The summed E-state index contributed by atoms with van der Waals surface area (Å²) in [6, 6.07) is 0. The lowest BCUT2D eigenvalue weighted by Crippen LogP contribution is -1.96. The van der Waals surface area contributed by atoms with Crippen molar-refractivity contribution >= 4 is 29.2 Å². The molecule has 0 fully saturated rings. The first kappa shape index (κ1) is 8.36. The van der Waals surface area contributed by atoms with E-state index in [0.29, 0.717) is 0 Å². The topological polar surface area (TPSA) is 55.1 Å². The first-order chi connectivity index (χ1) is 5.04.